The van der Waals surface area contributed by atoms with Crippen molar-refractivity contribution in [2.45, 2.75) is 13.1 Å². The standard InChI is InChI=1S/C30H32N4O2/c1-2-34-28(26-12-6-7-13-27(26)30(34)36)31-25-16-14-24(15-17-25)29(35)33-21-19-32(20-22-33)18-8-11-23-9-4-3-5-10-23/h3-17,28,31H,2,18-22H2,1H3/b11-8+/t28-/m0/s1. The van der Waals surface area contributed by atoms with Gasteiger partial charge in [0, 0.05) is 61.6 Å². The van der Waals surface area contributed by atoms with E-state index >= 15 is 0 Å². The molecular weight excluding hydrogens is 448 g/mol. The molecule has 3 aromatic rings. The lowest BCUT2D eigenvalue weighted by molar-refractivity contribution is 0.0650. The first kappa shape index (κ1) is 23.8. The predicted octanol–water partition coefficient (Wildman–Crippen LogP) is 4.74. The number of nitrogens with one attached hydrogen (secondary N) is 1. The third-order valence-corrected chi connectivity index (χ3v) is 6.97. The Hall–Kier alpha value is -3.90. The minimum atomic E-state index is -0.204. The van der Waals surface area contributed by atoms with Crippen molar-refractivity contribution in [1.82, 2.24) is 14.7 Å². The Balaban J connectivity index is 1.16. The zero-order chi connectivity index (χ0) is 24.9. The Morgan fingerprint density at radius 3 is 2.33 bits per heavy atom. The van der Waals surface area contributed by atoms with E-state index in [-0.39, 0.29) is 18.0 Å². The quantitative estimate of drug-likeness (QED) is 0.531. The van der Waals surface area contributed by atoms with Gasteiger partial charge >= 0.3 is 0 Å². The zero-order valence-electron chi connectivity index (χ0n) is 20.6. The second-order valence-corrected chi connectivity index (χ2v) is 9.21. The van der Waals surface area contributed by atoms with Crippen LogP contribution in [0.25, 0.3) is 6.08 Å². The summed E-state index contributed by atoms with van der Waals surface area (Å²) in [7, 11) is 0. The first-order valence-electron chi connectivity index (χ1n) is 12.6. The molecule has 3 aromatic carbocycles. The fourth-order valence-electron chi connectivity index (χ4n) is 4.94. The van der Waals surface area contributed by atoms with Crippen LogP contribution in [0.5, 0.6) is 0 Å². The molecule has 0 aromatic heterocycles. The van der Waals surface area contributed by atoms with Gasteiger partial charge in [-0.2, -0.15) is 0 Å². The molecule has 0 unspecified atom stereocenters. The van der Waals surface area contributed by atoms with Crippen LogP contribution in [0, 0.1) is 0 Å². The average molecular weight is 481 g/mol. The van der Waals surface area contributed by atoms with Crippen molar-refractivity contribution in [2.24, 2.45) is 0 Å². The van der Waals surface area contributed by atoms with Gasteiger partial charge in [-0.25, -0.2) is 0 Å². The van der Waals surface area contributed by atoms with Crippen molar-refractivity contribution in [1.29, 1.82) is 0 Å². The normalized spacial score (nSPS) is 18.0. The van der Waals surface area contributed by atoms with Gasteiger partial charge in [0.05, 0.1) is 0 Å². The maximum absolute atomic E-state index is 13.1. The van der Waals surface area contributed by atoms with Crippen LogP contribution in [0.2, 0.25) is 0 Å². The fourth-order valence-corrected chi connectivity index (χ4v) is 4.94. The monoisotopic (exact) mass is 480 g/mol. The second kappa shape index (κ2) is 10.8. The van der Waals surface area contributed by atoms with Crippen LogP contribution in [-0.2, 0) is 0 Å². The second-order valence-electron chi connectivity index (χ2n) is 9.21. The summed E-state index contributed by atoms with van der Waals surface area (Å²) in [5.74, 6) is 0.115. The molecule has 0 aliphatic carbocycles. The number of carbonyl (C=O) groups excluding carboxylic acids is 2. The van der Waals surface area contributed by atoms with Crippen LogP contribution in [0.1, 0.15) is 44.9 Å². The van der Waals surface area contributed by atoms with E-state index in [0.29, 0.717) is 12.1 Å². The van der Waals surface area contributed by atoms with Crippen molar-refractivity contribution >= 4 is 23.6 Å². The number of carbonyl (C=O) groups is 2. The summed E-state index contributed by atoms with van der Waals surface area (Å²) in [5.41, 5.74) is 4.51. The minimum absolute atomic E-state index is 0.0482. The van der Waals surface area contributed by atoms with Gasteiger partial charge in [-0.3, -0.25) is 14.5 Å². The van der Waals surface area contributed by atoms with Gasteiger partial charge in [-0.1, -0.05) is 60.7 Å². The SMILES string of the molecule is CCN1C(=O)c2ccccc2[C@H]1Nc1ccc(C(=O)N2CCN(C/C=C/c3ccccc3)CC2)cc1. The maximum atomic E-state index is 13.1. The van der Waals surface area contributed by atoms with E-state index in [4.69, 9.17) is 0 Å². The van der Waals surface area contributed by atoms with Crippen molar-refractivity contribution < 1.29 is 9.59 Å². The van der Waals surface area contributed by atoms with Crippen LogP contribution < -0.4 is 5.32 Å². The number of fused-ring (bicyclic) bond motifs is 1. The van der Waals surface area contributed by atoms with Crippen molar-refractivity contribution in [3.8, 4) is 0 Å². The van der Waals surface area contributed by atoms with Crippen molar-refractivity contribution in [3.05, 3.63) is 107 Å². The van der Waals surface area contributed by atoms with Gasteiger partial charge in [0.15, 0.2) is 0 Å². The molecule has 1 N–H and O–H groups in total. The number of rotatable bonds is 7. The molecule has 5 rings (SSSR count). The molecule has 1 atom stereocenters. The van der Waals surface area contributed by atoms with Crippen LogP contribution in [0.3, 0.4) is 0 Å². The number of nitrogens with zero attached hydrogens (tertiary/aromatic N) is 3. The summed E-state index contributed by atoms with van der Waals surface area (Å²) < 4.78 is 0. The molecule has 2 aliphatic rings. The summed E-state index contributed by atoms with van der Waals surface area (Å²) in [6.45, 7) is 6.68. The van der Waals surface area contributed by atoms with Gasteiger partial charge in [0.1, 0.15) is 6.17 Å². The van der Waals surface area contributed by atoms with Crippen LogP contribution in [0.15, 0.2) is 84.9 Å². The molecular formula is C30H32N4O2. The Bertz CT molecular complexity index is 1230. The summed E-state index contributed by atoms with van der Waals surface area (Å²) in [6.07, 6.45) is 4.13. The highest BCUT2D eigenvalue weighted by molar-refractivity contribution is 5.99. The van der Waals surface area contributed by atoms with Crippen LogP contribution in [-0.4, -0.2) is 65.8 Å². The average Bonchev–Trinajstić information content (AvgIpc) is 3.20. The predicted molar refractivity (Wildman–Crippen MR) is 144 cm³/mol. The van der Waals surface area contributed by atoms with Gasteiger partial charge in [-0.15, -0.1) is 0 Å². The Kier molecular flexibility index (Phi) is 7.14. The largest absolute Gasteiger partial charge is 0.361 e. The van der Waals surface area contributed by atoms with E-state index in [9.17, 15) is 9.59 Å². The molecule has 0 radical (unpaired) electrons. The van der Waals surface area contributed by atoms with Gasteiger partial charge in [0.2, 0.25) is 0 Å². The number of piperazine rings is 1. The number of anilines is 1. The van der Waals surface area contributed by atoms with Crippen molar-refractivity contribution in [2.75, 3.05) is 44.6 Å². The minimum Gasteiger partial charge on any atom is -0.361 e. The Morgan fingerprint density at radius 1 is 0.917 bits per heavy atom. The van der Waals surface area contributed by atoms with E-state index < -0.39 is 0 Å². The lowest BCUT2D eigenvalue weighted by Gasteiger charge is -2.34. The molecule has 2 amide bonds. The van der Waals surface area contributed by atoms with E-state index in [1.54, 1.807) is 0 Å². The molecule has 6 heteroatoms. The third kappa shape index (κ3) is 5.04. The molecule has 0 bridgehead atoms. The molecule has 184 valence electrons. The molecule has 36 heavy (non-hydrogen) atoms. The number of hydrogen-bond acceptors (Lipinski definition) is 4. The summed E-state index contributed by atoms with van der Waals surface area (Å²) >= 11 is 0. The topological polar surface area (TPSA) is 55.9 Å². The molecule has 2 aliphatic heterocycles. The number of benzene rings is 3. The number of hydrogen-bond donors (Lipinski definition) is 1. The fraction of sp³-hybridized carbons (Fsp3) is 0.267. The summed E-state index contributed by atoms with van der Waals surface area (Å²) in [6, 6.07) is 25.6. The highest BCUT2D eigenvalue weighted by Crippen LogP contribution is 2.34. The summed E-state index contributed by atoms with van der Waals surface area (Å²) in [5, 5.41) is 3.48. The van der Waals surface area contributed by atoms with Gasteiger partial charge < -0.3 is 15.1 Å². The van der Waals surface area contributed by atoms with E-state index in [1.165, 1.54) is 5.56 Å². The van der Waals surface area contributed by atoms with E-state index in [1.807, 2.05) is 83.5 Å². The van der Waals surface area contributed by atoms with Gasteiger partial charge in [-0.05, 0) is 42.8 Å². The smallest absolute Gasteiger partial charge is 0.256 e. The van der Waals surface area contributed by atoms with E-state index in [0.717, 1.165) is 49.5 Å². The highest BCUT2D eigenvalue weighted by Gasteiger charge is 2.35. The zero-order valence-corrected chi connectivity index (χ0v) is 20.6. The molecule has 2 heterocycles. The van der Waals surface area contributed by atoms with Gasteiger partial charge in [0.25, 0.3) is 11.8 Å². The third-order valence-electron chi connectivity index (χ3n) is 6.97. The lowest BCUT2D eigenvalue weighted by Crippen LogP contribution is -2.48. The maximum Gasteiger partial charge on any atom is 0.256 e. The Morgan fingerprint density at radius 2 is 1.61 bits per heavy atom. The molecule has 1 saturated heterocycles. The van der Waals surface area contributed by atoms with Crippen LogP contribution in [0.4, 0.5) is 5.69 Å². The molecule has 0 saturated carbocycles. The summed E-state index contributed by atoms with van der Waals surface area (Å²) in [4.78, 5) is 31.9. The highest BCUT2D eigenvalue weighted by atomic mass is 16.2. The molecule has 6 nitrogen and oxygen atoms in total. The molecule has 1 fully saturated rings. The Labute approximate surface area is 212 Å². The first-order chi connectivity index (χ1) is 17.6. The van der Waals surface area contributed by atoms with E-state index in [2.05, 4.69) is 34.5 Å². The molecule has 0 spiro atoms. The van der Waals surface area contributed by atoms with Crippen molar-refractivity contribution in [3.63, 3.8) is 0 Å². The number of amides is 2. The lowest BCUT2D eigenvalue weighted by atomic mass is 10.1. The first-order valence-corrected chi connectivity index (χ1v) is 12.6. The van der Waals surface area contributed by atoms with Crippen LogP contribution >= 0.6 is 0 Å².